The van der Waals surface area contributed by atoms with E-state index in [1.165, 1.54) is 23.1 Å². The highest BCUT2D eigenvalue weighted by atomic mass is 32.2. The van der Waals surface area contributed by atoms with Crippen molar-refractivity contribution >= 4 is 39.1 Å². The molecular weight excluding hydrogens is 268 g/mol. The summed E-state index contributed by atoms with van der Waals surface area (Å²) in [6.45, 7) is 2.72. The molecule has 0 spiro atoms. The van der Waals surface area contributed by atoms with Crippen molar-refractivity contribution in [1.82, 2.24) is 19.2 Å². The monoisotopic (exact) mass is 280 g/mol. The van der Waals surface area contributed by atoms with Crippen molar-refractivity contribution in [2.75, 3.05) is 6.26 Å². The van der Waals surface area contributed by atoms with Crippen LogP contribution < -0.4 is 5.56 Å². The lowest BCUT2D eigenvalue weighted by atomic mass is 10.4. The summed E-state index contributed by atoms with van der Waals surface area (Å²) < 4.78 is 4.45. The van der Waals surface area contributed by atoms with Crippen LogP contribution in [0.4, 0.5) is 0 Å². The van der Waals surface area contributed by atoms with E-state index in [-0.39, 0.29) is 5.56 Å². The number of aryl methyl sites for hydroxylation is 1. The third-order valence-electron chi connectivity index (χ3n) is 2.81. The zero-order chi connectivity index (χ0) is 12.7. The Labute approximate surface area is 111 Å². The van der Waals surface area contributed by atoms with Crippen LogP contribution in [-0.4, -0.2) is 25.4 Å². The molecule has 18 heavy (non-hydrogen) atoms. The molecule has 0 unspecified atom stereocenters. The maximum Gasteiger partial charge on any atom is 0.272 e. The van der Waals surface area contributed by atoms with E-state index < -0.39 is 0 Å². The highest BCUT2D eigenvalue weighted by Crippen LogP contribution is 2.22. The quantitative estimate of drug-likeness (QED) is 0.690. The zero-order valence-corrected chi connectivity index (χ0v) is 11.7. The van der Waals surface area contributed by atoms with Gasteiger partial charge >= 0.3 is 0 Å². The van der Waals surface area contributed by atoms with Crippen molar-refractivity contribution < 1.29 is 0 Å². The van der Waals surface area contributed by atoms with E-state index in [0.29, 0.717) is 12.3 Å². The molecule has 0 N–H and O–H groups in total. The first-order valence-electron chi connectivity index (χ1n) is 5.67. The molecular formula is C11H12N4OS2. The number of nitrogens with zero attached hydrogens (tertiary/aromatic N) is 4. The standard InChI is InChI=1S/C11H12N4OS2/c1-3-5-14-9(16)8-7(4-6-18-8)15-10(14)12-13-11(15)17-2/h4,6H,3,5H2,1-2H3. The third-order valence-corrected chi connectivity index (χ3v) is 4.33. The van der Waals surface area contributed by atoms with Crippen molar-refractivity contribution in [3.63, 3.8) is 0 Å². The van der Waals surface area contributed by atoms with Crippen LogP contribution in [0.25, 0.3) is 16.0 Å². The minimum Gasteiger partial charge on any atom is -0.276 e. The van der Waals surface area contributed by atoms with Crippen LogP contribution >= 0.6 is 23.1 Å². The summed E-state index contributed by atoms with van der Waals surface area (Å²) in [5, 5.41) is 11.1. The molecule has 0 bridgehead atoms. The minimum absolute atomic E-state index is 0.0365. The van der Waals surface area contributed by atoms with E-state index in [9.17, 15) is 4.79 Å². The summed E-state index contributed by atoms with van der Waals surface area (Å²) in [5.41, 5.74) is 0.941. The van der Waals surface area contributed by atoms with Gasteiger partial charge in [-0.25, -0.2) is 0 Å². The smallest absolute Gasteiger partial charge is 0.272 e. The maximum absolute atomic E-state index is 12.4. The van der Waals surface area contributed by atoms with Gasteiger partial charge in [-0.2, -0.15) is 0 Å². The summed E-state index contributed by atoms with van der Waals surface area (Å²) >= 11 is 3.01. The molecule has 0 radical (unpaired) electrons. The molecule has 0 aliphatic rings. The molecule has 0 aromatic carbocycles. The van der Waals surface area contributed by atoms with E-state index in [0.717, 1.165) is 21.8 Å². The van der Waals surface area contributed by atoms with Crippen molar-refractivity contribution in [2.45, 2.75) is 25.0 Å². The van der Waals surface area contributed by atoms with Crippen LogP contribution in [0.5, 0.6) is 0 Å². The van der Waals surface area contributed by atoms with Gasteiger partial charge in [-0.05, 0) is 24.1 Å². The summed E-state index contributed by atoms with van der Waals surface area (Å²) in [6, 6.07) is 1.95. The lowest BCUT2D eigenvalue weighted by molar-refractivity contribution is 0.663. The molecule has 0 saturated heterocycles. The molecule has 3 aromatic heterocycles. The van der Waals surface area contributed by atoms with E-state index in [4.69, 9.17) is 0 Å². The predicted molar refractivity (Wildman–Crippen MR) is 74.7 cm³/mol. The van der Waals surface area contributed by atoms with Gasteiger partial charge in [-0.1, -0.05) is 18.7 Å². The SMILES string of the molecule is CCCn1c(=O)c2sccc2n2c(SC)nnc12. The Morgan fingerprint density at radius 1 is 1.44 bits per heavy atom. The topological polar surface area (TPSA) is 52.2 Å². The molecule has 0 amide bonds. The summed E-state index contributed by atoms with van der Waals surface area (Å²) in [7, 11) is 0. The van der Waals surface area contributed by atoms with Gasteiger partial charge in [-0.3, -0.25) is 13.8 Å². The first-order chi connectivity index (χ1) is 8.77. The van der Waals surface area contributed by atoms with Gasteiger partial charge in [0.1, 0.15) is 4.70 Å². The molecule has 3 rings (SSSR count). The first-order valence-corrected chi connectivity index (χ1v) is 7.77. The number of hydrogen-bond donors (Lipinski definition) is 0. The zero-order valence-electron chi connectivity index (χ0n) is 10.1. The van der Waals surface area contributed by atoms with Gasteiger partial charge in [0.15, 0.2) is 5.16 Å². The van der Waals surface area contributed by atoms with Crippen molar-refractivity contribution in [2.24, 2.45) is 0 Å². The largest absolute Gasteiger partial charge is 0.276 e. The van der Waals surface area contributed by atoms with Crippen molar-refractivity contribution in [3.05, 3.63) is 21.8 Å². The molecule has 7 heteroatoms. The van der Waals surface area contributed by atoms with Crippen molar-refractivity contribution in [1.29, 1.82) is 0 Å². The van der Waals surface area contributed by atoms with E-state index >= 15 is 0 Å². The Bertz CT molecular complexity index is 770. The maximum atomic E-state index is 12.4. The van der Waals surface area contributed by atoms with Gasteiger partial charge in [0.2, 0.25) is 5.78 Å². The van der Waals surface area contributed by atoms with Crippen molar-refractivity contribution in [3.8, 4) is 0 Å². The summed E-state index contributed by atoms with van der Waals surface area (Å²) in [4.78, 5) is 12.4. The number of rotatable bonds is 3. The summed E-state index contributed by atoms with van der Waals surface area (Å²) in [5.74, 6) is 0.636. The number of hydrogen-bond acceptors (Lipinski definition) is 5. The van der Waals surface area contributed by atoms with Crippen LogP contribution in [0.1, 0.15) is 13.3 Å². The molecule has 3 heterocycles. The van der Waals surface area contributed by atoms with Gasteiger partial charge in [-0.15, -0.1) is 21.5 Å². The van der Waals surface area contributed by atoms with Crippen LogP contribution in [-0.2, 0) is 6.54 Å². The van der Waals surface area contributed by atoms with Gasteiger partial charge < -0.3 is 0 Å². The average Bonchev–Trinajstić information content (AvgIpc) is 2.99. The second-order valence-electron chi connectivity index (χ2n) is 3.91. The molecule has 3 aromatic rings. The second kappa shape index (κ2) is 4.40. The van der Waals surface area contributed by atoms with Gasteiger partial charge in [0.25, 0.3) is 5.56 Å². The van der Waals surface area contributed by atoms with Gasteiger partial charge in [0.05, 0.1) is 5.52 Å². The number of aromatic nitrogens is 4. The molecule has 0 aliphatic carbocycles. The lowest BCUT2D eigenvalue weighted by Crippen LogP contribution is -2.22. The summed E-state index contributed by atoms with van der Waals surface area (Å²) in [6.07, 6.45) is 2.86. The fourth-order valence-corrected chi connectivity index (χ4v) is 3.37. The third kappa shape index (κ3) is 1.50. The Balaban J connectivity index is 2.54. The van der Waals surface area contributed by atoms with E-state index in [1.807, 2.05) is 29.0 Å². The lowest BCUT2D eigenvalue weighted by Gasteiger charge is -2.07. The Kier molecular flexibility index (Phi) is 2.87. The fraction of sp³-hybridized carbons (Fsp3) is 0.364. The van der Waals surface area contributed by atoms with Crippen LogP contribution in [0, 0.1) is 0 Å². The fourth-order valence-electron chi connectivity index (χ4n) is 2.06. The Morgan fingerprint density at radius 3 is 3.00 bits per heavy atom. The highest BCUT2D eigenvalue weighted by molar-refractivity contribution is 7.98. The first kappa shape index (κ1) is 11.7. The number of fused-ring (bicyclic) bond motifs is 3. The van der Waals surface area contributed by atoms with Crippen LogP contribution in [0.15, 0.2) is 21.4 Å². The van der Waals surface area contributed by atoms with Crippen LogP contribution in [0.3, 0.4) is 0 Å². The molecule has 0 atom stereocenters. The van der Waals surface area contributed by atoms with Crippen LogP contribution in [0.2, 0.25) is 0 Å². The molecule has 5 nitrogen and oxygen atoms in total. The van der Waals surface area contributed by atoms with Gasteiger partial charge in [0, 0.05) is 6.54 Å². The Hall–Kier alpha value is -1.34. The highest BCUT2D eigenvalue weighted by Gasteiger charge is 2.16. The minimum atomic E-state index is 0.0365. The normalized spacial score (nSPS) is 11.7. The Morgan fingerprint density at radius 2 is 2.28 bits per heavy atom. The van der Waals surface area contributed by atoms with E-state index in [1.54, 1.807) is 4.57 Å². The molecule has 0 saturated carbocycles. The second-order valence-corrected chi connectivity index (χ2v) is 5.60. The average molecular weight is 280 g/mol. The molecule has 94 valence electrons. The number of thioether (sulfide) groups is 1. The predicted octanol–water partition coefficient (Wildman–Crippen LogP) is 2.24. The number of thiophene rings is 1. The molecule has 0 fully saturated rings. The molecule has 0 aliphatic heterocycles. The van der Waals surface area contributed by atoms with E-state index in [2.05, 4.69) is 10.2 Å².